The predicted molar refractivity (Wildman–Crippen MR) is 79.6 cm³/mol. The van der Waals surface area contributed by atoms with Crippen molar-refractivity contribution in [2.24, 2.45) is 0 Å². The van der Waals surface area contributed by atoms with Crippen LogP contribution in [-0.4, -0.2) is 47.3 Å². The van der Waals surface area contributed by atoms with Crippen LogP contribution >= 0.6 is 0 Å². The Morgan fingerprint density at radius 2 is 2.14 bits per heavy atom. The molecule has 0 bridgehead atoms. The lowest BCUT2D eigenvalue weighted by molar-refractivity contribution is 0.260. The van der Waals surface area contributed by atoms with E-state index in [2.05, 4.69) is 11.7 Å². The van der Waals surface area contributed by atoms with Gasteiger partial charge in [0.05, 0.1) is 19.0 Å². The molecule has 0 aliphatic heterocycles. The Morgan fingerprint density at radius 3 is 2.77 bits per heavy atom. The van der Waals surface area contributed by atoms with E-state index in [0.717, 1.165) is 15.2 Å². The lowest BCUT2D eigenvalue weighted by Crippen LogP contribution is -2.33. The van der Waals surface area contributed by atoms with Crippen LogP contribution in [0.1, 0.15) is 0 Å². The second-order valence-corrected chi connectivity index (χ2v) is 6.39. The molecule has 0 spiro atoms. The number of hydrogen-bond acceptors (Lipinski definition) is 4. The van der Waals surface area contributed by atoms with Crippen LogP contribution in [0.25, 0.3) is 5.69 Å². The highest BCUT2D eigenvalue weighted by Gasteiger charge is 2.25. The highest BCUT2D eigenvalue weighted by molar-refractivity contribution is 7.89. The molecule has 0 amide bonds. The Hall–Kier alpha value is -2.03. The molecule has 0 fully saturated rings. The lowest BCUT2D eigenvalue weighted by Gasteiger charge is -2.18. The first kappa shape index (κ1) is 16.3. The van der Waals surface area contributed by atoms with Gasteiger partial charge < -0.3 is 5.11 Å². The second-order valence-electron chi connectivity index (χ2n) is 4.45. The van der Waals surface area contributed by atoms with Crippen molar-refractivity contribution in [3.8, 4) is 5.69 Å². The lowest BCUT2D eigenvalue weighted by atomic mass is 10.3. The normalized spacial score (nSPS) is 11.8. The fourth-order valence-electron chi connectivity index (χ4n) is 1.92. The fourth-order valence-corrected chi connectivity index (χ4v) is 3.26. The van der Waals surface area contributed by atoms with E-state index < -0.39 is 15.8 Å². The first-order valence-electron chi connectivity index (χ1n) is 6.52. The number of para-hydroxylation sites is 1. The van der Waals surface area contributed by atoms with E-state index >= 15 is 0 Å². The number of nitrogens with zero attached hydrogens (tertiary/aromatic N) is 3. The maximum absolute atomic E-state index is 13.7. The molecular formula is C14H16FN3O3S. The molecule has 0 aliphatic carbocycles. The van der Waals surface area contributed by atoms with Crippen LogP contribution in [0, 0.1) is 5.82 Å². The average Bonchev–Trinajstić information content (AvgIpc) is 2.98. The first-order valence-corrected chi connectivity index (χ1v) is 7.96. The van der Waals surface area contributed by atoms with Crippen LogP contribution in [0.3, 0.4) is 0 Å². The molecule has 1 heterocycles. The Balaban J connectivity index is 2.38. The van der Waals surface area contributed by atoms with Gasteiger partial charge in [-0.05, 0) is 12.1 Å². The minimum atomic E-state index is -3.83. The van der Waals surface area contributed by atoms with Crippen LogP contribution in [0.15, 0.2) is 54.2 Å². The van der Waals surface area contributed by atoms with Gasteiger partial charge in [0.1, 0.15) is 16.4 Å². The molecule has 8 heteroatoms. The molecule has 2 rings (SSSR count). The summed E-state index contributed by atoms with van der Waals surface area (Å²) in [5.74, 6) is -0.507. The van der Waals surface area contributed by atoms with Crippen LogP contribution in [0.5, 0.6) is 0 Å². The molecule has 0 saturated carbocycles. The maximum atomic E-state index is 13.7. The number of aliphatic hydroxyl groups is 1. The van der Waals surface area contributed by atoms with Crippen molar-refractivity contribution >= 4 is 10.0 Å². The average molecular weight is 325 g/mol. The van der Waals surface area contributed by atoms with Crippen molar-refractivity contribution in [2.45, 2.75) is 4.90 Å². The van der Waals surface area contributed by atoms with Gasteiger partial charge in [0.2, 0.25) is 10.0 Å². The van der Waals surface area contributed by atoms with E-state index in [1.54, 1.807) is 6.07 Å². The van der Waals surface area contributed by atoms with Gasteiger partial charge in [-0.15, -0.1) is 6.58 Å². The van der Waals surface area contributed by atoms with E-state index in [9.17, 15) is 12.8 Å². The highest BCUT2D eigenvalue weighted by atomic mass is 32.2. The van der Waals surface area contributed by atoms with Gasteiger partial charge in [-0.1, -0.05) is 18.2 Å². The Labute approximate surface area is 128 Å². The minimum absolute atomic E-state index is 0.0563. The Bertz CT molecular complexity index is 758. The van der Waals surface area contributed by atoms with Crippen LogP contribution in [0.2, 0.25) is 0 Å². The van der Waals surface area contributed by atoms with E-state index in [0.29, 0.717) is 0 Å². The molecule has 22 heavy (non-hydrogen) atoms. The summed E-state index contributed by atoms with van der Waals surface area (Å²) in [6.45, 7) is 3.19. The standard InChI is InChI=1S/C14H16FN3O3S/c1-2-7-17(8-9-19)22(20,21)12-10-16-18(11-12)14-6-4-3-5-13(14)15/h2-6,10-11,19H,1,7-9H2. The minimum Gasteiger partial charge on any atom is -0.395 e. The highest BCUT2D eigenvalue weighted by Crippen LogP contribution is 2.18. The van der Waals surface area contributed by atoms with Crippen molar-refractivity contribution in [1.82, 2.24) is 14.1 Å². The van der Waals surface area contributed by atoms with Crippen LogP contribution < -0.4 is 0 Å². The first-order chi connectivity index (χ1) is 10.5. The smallest absolute Gasteiger partial charge is 0.246 e. The predicted octanol–water partition coefficient (Wildman–Crippen LogP) is 1.18. The van der Waals surface area contributed by atoms with Crippen molar-refractivity contribution in [3.05, 3.63) is 55.1 Å². The van der Waals surface area contributed by atoms with E-state index in [1.807, 2.05) is 0 Å². The summed E-state index contributed by atoms with van der Waals surface area (Å²) < 4.78 is 40.9. The van der Waals surface area contributed by atoms with Gasteiger partial charge in [-0.2, -0.15) is 9.40 Å². The molecular weight excluding hydrogens is 309 g/mol. The summed E-state index contributed by atoms with van der Waals surface area (Å²) in [5, 5.41) is 12.9. The van der Waals surface area contributed by atoms with Gasteiger partial charge >= 0.3 is 0 Å². The van der Waals surface area contributed by atoms with Gasteiger partial charge in [0.25, 0.3) is 0 Å². The number of rotatable bonds is 7. The Morgan fingerprint density at radius 1 is 1.41 bits per heavy atom. The third kappa shape index (κ3) is 3.24. The number of hydrogen-bond donors (Lipinski definition) is 1. The van der Waals surface area contributed by atoms with E-state index in [1.165, 1.54) is 30.5 Å². The van der Waals surface area contributed by atoms with Crippen molar-refractivity contribution in [3.63, 3.8) is 0 Å². The van der Waals surface area contributed by atoms with Crippen LogP contribution in [0.4, 0.5) is 4.39 Å². The molecule has 0 saturated heterocycles. The topological polar surface area (TPSA) is 75.4 Å². The van der Waals surface area contributed by atoms with Crippen LogP contribution in [-0.2, 0) is 10.0 Å². The van der Waals surface area contributed by atoms with Crippen molar-refractivity contribution < 1.29 is 17.9 Å². The molecule has 0 radical (unpaired) electrons. The number of halogens is 1. The van der Waals surface area contributed by atoms with E-state index in [-0.39, 0.29) is 30.3 Å². The summed E-state index contributed by atoms with van der Waals surface area (Å²) >= 11 is 0. The van der Waals surface area contributed by atoms with E-state index in [4.69, 9.17) is 5.11 Å². The third-order valence-corrected chi connectivity index (χ3v) is 4.80. The summed E-state index contributed by atoms with van der Waals surface area (Å²) in [5.41, 5.74) is 0.154. The monoisotopic (exact) mass is 325 g/mol. The third-order valence-electron chi connectivity index (χ3n) is 2.98. The summed E-state index contributed by atoms with van der Waals surface area (Å²) in [4.78, 5) is -0.0777. The number of aromatic nitrogens is 2. The number of benzene rings is 1. The molecule has 1 aromatic heterocycles. The van der Waals surface area contributed by atoms with Gasteiger partial charge in [-0.3, -0.25) is 0 Å². The SMILES string of the molecule is C=CCN(CCO)S(=O)(=O)c1cnn(-c2ccccc2F)c1. The summed E-state index contributed by atoms with van der Waals surface area (Å²) in [7, 11) is -3.83. The molecule has 118 valence electrons. The Kier molecular flexibility index (Phi) is 5.07. The quantitative estimate of drug-likeness (QED) is 0.776. The summed E-state index contributed by atoms with van der Waals surface area (Å²) in [6.07, 6.45) is 3.81. The zero-order valence-electron chi connectivity index (χ0n) is 11.8. The maximum Gasteiger partial charge on any atom is 0.246 e. The summed E-state index contributed by atoms with van der Waals surface area (Å²) in [6, 6.07) is 5.92. The molecule has 0 unspecified atom stereocenters. The second kappa shape index (κ2) is 6.82. The molecule has 0 atom stereocenters. The number of aliphatic hydroxyl groups excluding tert-OH is 1. The largest absolute Gasteiger partial charge is 0.395 e. The molecule has 2 aromatic rings. The van der Waals surface area contributed by atoms with Crippen molar-refractivity contribution in [2.75, 3.05) is 19.7 Å². The zero-order chi connectivity index (χ0) is 16.2. The van der Waals surface area contributed by atoms with Gasteiger partial charge in [0.15, 0.2) is 0 Å². The fraction of sp³-hybridized carbons (Fsp3) is 0.214. The zero-order valence-corrected chi connectivity index (χ0v) is 12.6. The van der Waals surface area contributed by atoms with Gasteiger partial charge in [-0.25, -0.2) is 17.5 Å². The number of sulfonamides is 1. The molecule has 1 N–H and O–H groups in total. The van der Waals surface area contributed by atoms with Crippen molar-refractivity contribution in [1.29, 1.82) is 0 Å². The van der Waals surface area contributed by atoms with Gasteiger partial charge in [0, 0.05) is 13.1 Å². The molecule has 0 aliphatic rings. The molecule has 1 aromatic carbocycles. The molecule has 6 nitrogen and oxygen atoms in total.